The fourth-order valence-corrected chi connectivity index (χ4v) is 5.01. The maximum absolute atomic E-state index is 12.4. The van der Waals surface area contributed by atoms with E-state index in [9.17, 15) is 8.42 Å². The van der Waals surface area contributed by atoms with Crippen LogP contribution in [0.5, 0.6) is 0 Å². The van der Waals surface area contributed by atoms with Crippen LogP contribution in [0, 0.1) is 5.92 Å². The normalized spacial score (nSPS) is 18.6. The van der Waals surface area contributed by atoms with Crippen molar-refractivity contribution in [2.24, 2.45) is 5.92 Å². The molecule has 0 saturated heterocycles. The molecule has 1 aliphatic carbocycles. The van der Waals surface area contributed by atoms with Gasteiger partial charge in [0.15, 0.2) is 4.67 Å². The molecule has 0 bridgehead atoms. The Hall–Kier alpha value is -0.370. The van der Waals surface area contributed by atoms with Crippen LogP contribution in [0.4, 0.5) is 0 Å². The van der Waals surface area contributed by atoms with Gasteiger partial charge in [0, 0.05) is 12.1 Å². The molecule has 114 valence electrons. The minimum absolute atomic E-state index is 0.0444. The number of furan rings is 1. The van der Waals surface area contributed by atoms with Crippen molar-refractivity contribution in [3.05, 3.63) is 16.5 Å². The summed E-state index contributed by atoms with van der Waals surface area (Å²) in [6, 6.07) is 1.52. The van der Waals surface area contributed by atoms with Crippen LogP contribution in [-0.4, -0.2) is 21.5 Å². The molecular weight excluding hydrogens is 344 g/mol. The van der Waals surface area contributed by atoms with Gasteiger partial charge in [-0.25, -0.2) is 13.1 Å². The third-order valence-corrected chi connectivity index (χ3v) is 6.21. The Morgan fingerprint density at radius 1 is 1.45 bits per heavy atom. The van der Waals surface area contributed by atoms with E-state index in [0.29, 0.717) is 18.2 Å². The first-order valence-electron chi connectivity index (χ1n) is 6.89. The topological polar surface area (TPSA) is 71.3 Å². The Labute approximate surface area is 128 Å². The zero-order valence-corrected chi connectivity index (χ0v) is 14.2. The molecule has 20 heavy (non-hydrogen) atoms. The van der Waals surface area contributed by atoms with Gasteiger partial charge in [-0.05, 0) is 48.7 Å². The van der Waals surface area contributed by atoms with Gasteiger partial charge in [-0.15, -0.1) is 0 Å². The predicted molar refractivity (Wildman–Crippen MR) is 80.9 cm³/mol. The lowest BCUT2D eigenvalue weighted by molar-refractivity contribution is 0.423. The summed E-state index contributed by atoms with van der Waals surface area (Å²) in [4.78, 5) is 0.174. The quantitative estimate of drug-likeness (QED) is 0.813. The zero-order valence-electron chi connectivity index (χ0n) is 11.8. The number of rotatable bonds is 6. The third-order valence-electron chi connectivity index (χ3n) is 3.80. The van der Waals surface area contributed by atoms with Crippen molar-refractivity contribution in [2.45, 2.75) is 50.1 Å². The molecule has 0 aromatic carbocycles. The van der Waals surface area contributed by atoms with Gasteiger partial charge in [-0.1, -0.05) is 12.8 Å². The van der Waals surface area contributed by atoms with Gasteiger partial charge in [0.25, 0.3) is 0 Å². The minimum atomic E-state index is -3.54. The highest BCUT2D eigenvalue weighted by Crippen LogP contribution is 2.30. The van der Waals surface area contributed by atoms with Crippen LogP contribution in [0.25, 0.3) is 0 Å². The maximum Gasteiger partial charge on any atom is 0.245 e. The molecular formula is C13H21BrN2O3S. The average molecular weight is 365 g/mol. The summed E-state index contributed by atoms with van der Waals surface area (Å²) < 4.78 is 33.2. The SMILES string of the molecule is CNCc1cc(S(=O)(=O)NC(C)C2CCCC2)c(Br)o1. The number of nitrogens with one attached hydrogen (secondary N) is 2. The molecule has 1 atom stereocenters. The Bertz CT molecular complexity index is 550. The van der Waals surface area contributed by atoms with E-state index in [0.717, 1.165) is 12.8 Å². The van der Waals surface area contributed by atoms with Crippen molar-refractivity contribution in [3.8, 4) is 0 Å². The lowest BCUT2D eigenvalue weighted by Gasteiger charge is -2.19. The Morgan fingerprint density at radius 2 is 2.10 bits per heavy atom. The largest absolute Gasteiger partial charge is 0.452 e. The first-order valence-corrected chi connectivity index (χ1v) is 9.17. The van der Waals surface area contributed by atoms with Crippen LogP contribution in [0.15, 0.2) is 20.0 Å². The van der Waals surface area contributed by atoms with E-state index < -0.39 is 10.0 Å². The number of halogens is 1. The Balaban J connectivity index is 2.13. The Kier molecular flexibility index (Phi) is 5.28. The van der Waals surface area contributed by atoms with Gasteiger partial charge in [-0.2, -0.15) is 0 Å². The van der Waals surface area contributed by atoms with E-state index in [4.69, 9.17) is 4.42 Å². The second kappa shape index (κ2) is 6.60. The fourth-order valence-electron chi connectivity index (χ4n) is 2.70. The van der Waals surface area contributed by atoms with E-state index in [2.05, 4.69) is 26.0 Å². The van der Waals surface area contributed by atoms with E-state index in [1.807, 2.05) is 6.92 Å². The van der Waals surface area contributed by atoms with Gasteiger partial charge in [0.2, 0.25) is 10.0 Å². The summed E-state index contributed by atoms with van der Waals surface area (Å²) in [6.07, 6.45) is 4.58. The molecule has 7 heteroatoms. The molecule has 1 heterocycles. The summed E-state index contributed by atoms with van der Waals surface area (Å²) in [5.74, 6) is 1.03. The molecule has 5 nitrogen and oxygen atoms in total. The lowest BCUT2D eigenvalue weighted by Crippen LogP contribution is -2.37. The van der Waals surface area contributed by atoms with E-state index in [-0.39, 0.29) is 15.6 Å². The summed E-state index contributed by atoms with van der Waals surface area (Å²) in [5.41, 5.74) is 0. The van der Waals surface area contributed by atoms with Crippen molar-refractivity contribution in [3.63, 3.8) is 0 Å². The van der Waals surface area contributed by atoms with Crippen molar-refractivity contribution < 1.29 is 12.8 Å². The van der Waals surface area contributed by atoms with Gasteiger partial charge in [0.1, 0.15) is 10.7 Å². The van der Waals surface area contributed by atoms with Crippen LogP contribution in [0.3, 0.4) is 0 Å². The van der Waals surface area contributed by atoms with Crippen LogP contribution < -0.4 is 10.0 Å². The molecule has 0 amide bonds. The van der Waals surface area contributed by atoms with Gasteiger partial charge < -0.3 is 9.73 Å². The van der Waals surface area contributed by atoms with E-state index >= 15 is 0 Å². The minimum Gasteiger partial charge on any atom is -0.452 e. The zero-order chi connectivity index (χ0) is 14.8. The fraction of sp³-hybridized carbons (Fsp3) is 0.692. The maximum atomic E-state index is 12.4. The van der Waals surface area contributed by atoms with Crippen LogP contribution >= 0.6 is 15.9 Å². The molecule has 1 aromatic rings. The molecule has 1 saturated carbocycles. The smallest absolute Gasteiger partial charge is 0.245 e. The second-order valence-electron chi connectivity index (χ2n) is 5.34. The van der Waals surface area contributed by atoms with E-state index in [1.54, 1.807) is 13.1 Å². The summed E-state index contributed by atoms with van der Waals surface area (Å²) in [5, 5.41) is 2.93. The van der Waals surface area contributed by atoms with Gasteiger partial charge in [-0.3, -0.25) is 0 Å². The summed E-state index contributed by atoms with van der Waals surface area (Å²) in [7, 11) is -1.76. The average Bonchev–Trinajstić information content (AvgIpc) is 2.98. The molecule has 1 unspecified atom stereocenters. The summed E-state index contributed by atoms with van der Waals surface area (Å²) >= 11 is 3.18. The number of hydrogen-bond donors (Lipinski definition) is 2. The molecule has 0 radical (unpaired) electrons. The Morgan fingerprint density at radius 3 is 2.70 bits per heavy atom. The summed E-state index contributed by atoms with van der Waals surface area (Å²) in [6.45, 7) is 2.43. The van der Waals surface area contributed by atoms with Gasteiger partial charge in [0.05, 0.1) is 6.54 Å². The van der Waals surface area contributed by atoms with Crippen LogP contribution in [-0.2, 0) is 16.6 Å². The number of sulfonamides is 1. The molecule has 0 aliphatic heterocycles. The highest BCUT2D eigenvalue weighted by atomic mass is 79.9. The standard InChI is InChI=1S/C13H21BrN2O3S/c1-9(10-5-3-4-6-10)16-20(17,18)12-7-11(8-15-2)19-13(12)14/h7,9-10,15-16H,3-6,8H2,1-2H3. The monoisotopic (exact) mass is 364 g/mol. The highest BCUT2D eigenvalue weighted by molar-refractivity contribution is 9.10. The first kappa shape index (κ1) is 16.0. The predicted octanol–water partition coefficient (Wildman–Crippen LogP) is 2.62. The van der Waals surface area contributed by atoms with Gasteiger partial charge >= 0.3 is 0 Å². The molecule has 1 aliphatic rings. The lowest BCUT2D eigenvalue weighted by atomic mass is 10.0. The molecule has 2 rings (SSSR count). The third kappa shape index (κ3) is 3.63. The first-order chi connectivity index (χ1) is 9.44. The van der Waals surface area contributed by atoms with Crippen molar-refractivity contribution in [1.82, 2.24) is 10.0 Å². The highest BCUT2D eigenvalue weighted by Gasteiger charge is 2.28. The molecule has 1 fully saturated rings. The molecule has 1 aromatic heterocycles. The van der Waals surface area contributed by atoms with Crippen molar-refractivity contribution in [2.75, 3.05) is 7.05 Å². The van der Waals surface area contributed by atoms with Crippen LogP contribution in [0.2, 0.25) is 0 Å². The second-order valence-corrected chi connectivity index (χ2v) is 7.74. The van der Waals surface area contributed by atoms with Crippen molar-refractivity contribution >= 4 is 26.0 Å². The van der Waals surface area contributed by atoms with E-state index in [1.165, 1.54) is 12.8 Å². The van der Waals surface area contributed by atoms with Crippen molar-refractivity contribution in [1.29, 1.82) is 0 Å². The molecule has 0 spiro atoms. The van der Waals surface area contributed by atoms with Crippen LogP contribution in [0.1, 0.15) is 38.4 Å². The number of hydrogen-bond acceptors (Lipinski definition) is 4. The molecule has 2 N–H and O–H groups in total.